The molecule has 1 aliphatic heterocycles. The number of anilines is 1. The summed E-state index contributed by atoms with van der Waals surface area (Å²) in [5, 5.41) is 0.446. The fourth-order valence-corrected chi connectivity index (χ4v) is 3.14. The Kier molecular flexibility index (Phi) is 5.78. The van der Waals surface area contributed by atoms with Crippen LogP contribution < -0.4 is 15.4 Å². The van der Waals surface area contributed by atoms with Crippen LogP contribution in [0.5, 0.6) is 5.75 Å². The monoisotopic (exact) mass is 379 g/mol. The Labute approximate surface area is 155 Å². The molecule has 1 fully saturated rings. The zero-order chi connectivity index (χ0) is 18.5. The molecule has 138 valence electrons. The lowest BCUT2D eigenvalue weighted by Crippen LogP contribution is -2.41. The highest BCUT2D eigenvalue weighted by molar-refractivity contribution is 6.33. The molecule has 2 N–H and O–H groups in total. The molecular formula is C18H19ClFN3O3. The SMILES string of the molecule is NC(=O)O[C@@H]1CCCN(c2ncc(OCc3ccc(F)cc3)cc2Cl)C1. The van der Waals surface area contributed by atoms with Gasteiger partial charge in [0.05, 0.1) is 17.8 Å². The minimum atomic E-state index is -0.777. The first-order valence-corrected chi connectivity index (χ1v) is 8.63. The van der Waals surface area contributed by atoms with Crippen LogP contribution in [-0.2, 0) is 11.3 Å². The van der Waals surface area contributed by atoms with Crippen LogP contribution in [0.25, 0.3) is 0 Å². The Morgan fingerprint density at radius 3 is 2.85 bits per heavy atom. The maximum atomic E-state index is 12.9. The van der Waals surface area contributed by atoms with Crippen molar-refractivity contribution in [2.75, 3.05) is 18.0 Å². The first kappa shape index (κ1) is 18.3. The van der Waals surface area contributed by atoms with Crippen LogP contribution in [0.3, 0.4) is 0 Å². The zero-order valence-corrected chi connectivity index (χ0v) is 14.8. The van der Waals surface area contributed by atoms with Crippen LogP contribution in [0.1, 0.15) is 18.4 Å². The van der Waals surface area contributed by atoms with Crippen molar-refractivity contribution in [2.45, 2.75) is 25.6 Å². The highest BCUT2D eigenvalue weighted by Crippen LogP contribution is 2.30. The lowest BCUT2D eigenvalue weighted by atomic mass is 10.1. The first-order valence-electron chi connectivity index (χ1n) is 8.25. The number of hydrogen-bond acceptors (Lipinski definition) is 5. The van der Waals surface area contributed by atoms with Crippen molar-refractivity contribution in [1.29, 1.82) is 0 Å². The second-order valence-electron chi connectivity index (χ2n) is 6.04. The molecule has 1 atom stereocenters. The second-order valence-corrected chi connectivity index (χ2v) is 6.45. The topological polar surface area (TPSA) is 77.7 Å². The van der Waals surface area contributed by atoms with Gasteiger partial charge >= 0.3 is 6.09 Å². The molecule has 0 saturated carbocycles. The van der Waals surface area contributed by atoms with Gasteiger partial charge in [-0.2, -0.15) is 0 Å². The van der Waals surface area contributed by atoms with E-state index in [-0.39, 0.29) is 18.5 Å². The van der Waals surface area contributed by atoms with Gasteiger partial charge in [-0.3, -0.25) is 0 Å². The van der Waals surface area contributed by atoms with E-state index in [0.717, 1.165) is 24.9 Å². The van der Waals surface area contributed by atoms with E-state index in [1.54, 1.807) is 24.4 Å². The van der Waals surface area contributed by atoms with Crippen molar-refractivity contribution in [1.82, 2.24) is 4.98 Å². The number of carbonyl (C=O) groups is 1. The van der Waals surface area contributed by atoms with Crippen molar-refractivity contribution < 1.29 is 18.7 Å². The van der Waals surface area contributed by atoms with Crippen LogP contribution in [0.15, 0.2) is 36.5 Å². The van der Waals surface area contributed by atoms with Crippen LogP contribution in [-0.4, -0.2) is 30.3 Å². The summed E-state index contributed by atoms with van der Waals surface area (Å²) in [6, 6.07) is 7.77. The summed E-state index contributed by atoms with van der Waals surface area (Å²) in [7, 11) is 0. The third-order valence-corrected chi connectivity index (χ3v) is 4.35. The molecule has 1 aliphatic rings. The number of ether oxygens (including phenoxy) is 2. The number of carbonyl (C=O) groups excluding carboxylic acids is 1. The van der Waals surface area contributed by atoms with Gasteiger partial charge in [0.1, 0.15) is 30.1 Å². The summed E-state index contributed by atoms with van der Waals surface area (Å²) in [5.41, 5.74) is 5.93. The number of benzene rings is 1. The third-order valence-electron chi connectivity index (χ3n) is 4.08. The number of halogens is 2. The van der Waals surface area contributed by atoms with Gasteiger partial charge in [-0.05, 0) is 30.5 Å². The van der Waals surface area contributed by atoms with Crippen LogP contribution in [0.4, 0.5) is 15.0 Å². The normalized spacial score (nSPS) is 17.0. The number of pyridine rings is 1. The van der Waals surface area contributed by atoms with E-state index in [4.69, 9.17) is 26.8 Å². The van der Waals surface area contributed by atoms with Crippen molar-refractivity contribution in [2.24, 2.45) is 5.73 Å². The molecule has 0 radical (unpaired) electrons. The van der Waals surface area contributed by atoms with E-state index < -0.39 is 6.09 Å². The molecular weight excluding hydrogens is 361 g/mol. The molecule has 8 heteroatoms. The van der Waals surface area contributed by atoms with Crippen molar-refractivity contribution >= 4 is 23.5 Å². The Hall–Kier alpha value is -2.54. The summed E-state index contributed by atoms with van der Waals surface area (Å²) in [6.45, 7) is 1.54. The van der Waals surface area contributed by atoms with E-state index in [1.165, 1.54) is 12.1 Å². The van der Waals surface area contributed by atoms with E-state index >= 15 is 0 Å². The summed E-state index contributed by atoms with van der Waals surface area (Å²) in [5.74, 6) is 0.839. The van der Waals surface area contributed by atoms with Gasteiger partial charge in [0, 0.05) is 12.6 Å². The molecule has 2 heterocycles. The van der Waals surface area contributed by atoms with Crippen molar-refractivity contribution in [3.63, 3.8) is 0 Å². The molecule has 0 spiro atoms. The second kappa shape index (κ2) is 8.23. The number of nitrogens with two attached hydrogens (primary N) is 1. The Morgan fingerprint density at radius 2 is 2.15 bits per heavy atom. The Bertz CT molecular complexity index is 773. The van der Waals surface area contributed by atoms with E-state index in [2.05, 4.69) is 4.98 Å². The molecule has 3 rings (SSSR count). The summed E-state index contributed by atoms with van der Waals surface area (Å²) in [6.07, 6.45) is 2.15. The molecule has 1 aromatic carbocycles. The number of amides is 1. The number of nitrogens with zero attached hydrogens (tertiary/aromatic N) is 2. The van der Waals surface area contributed by atoms with Crippen molar-refractivity contribution in [3.8, 4) is 5.75 Å². The minimum Gasteiger partial charge on any atom is -0.487 e. The third kappa shape index (κ3) is 4.76. The highest BCUT2D eigenvalue weighted by Gasteiger charge is 2.24. The number of rotatable bonds is 5. The van der Waals surface area contributed by atoms with E-state index in [9.17, 15) is 9.18 Å². The summed E-state index contributed by atoms with van der Waals surface area (Å²) in [4.78, 5) is 17.3. The minimum absolute atomic E-state index is 0.270. The van der Waals surface area contributed by atoms with E-state index in [1.807, 2.05) is 4.90 Å². The predicted molar refractivity (Wildman–Crippen MR) is 95.9 cm³/mol. The molecule has 6 nitrogen and oxygen atoms in total. The Balaban J connectivity index is 1.63. The predicted octanol–water partition coefficient (Wildman–Crippen LogP) is 3.52. The number of hydrogen-bond donors (Lipinski definition) is 1. The van der Waals surface area contributed by atoms with Gasteiger partial charge in [0.2, 0.25) is 0 Å². The maximum absolute atomic E-state index is 12.9. The molecule has 1 saturated heterocycles. The van der Waals surface area contributed by atoms with Crippen LogP contribution >= 0.6 is 11.6 Å². The average Bonchev–Trinajstić information content (AvgIpc) is 2.61. The first-order chi connectivity index (χ1) is 12.5. The average molecular weight is 380 g/mol. The van der Waals surface area contributed by atoms with Crippen LogP contribution in [0.2, 0.25) is 5.02 Å². The standard InChI is InChI=1S/C18H19ClFN3O3/c19-16-8-15(25-11-12-3-5-13(20)6-4-12)9-22-17(16)23-7-1-2-14(10-23)26-18(21)24/h3-6,8-9,14H,1-2,7,10-11H2,(H2,21,24)/t14-/m1/s1. The number of primary amides is 1. The molecule has 0 aliphatic carbocycles. The maximum Gasteiger partial charge on any atom is 0.404 e. The lowest BCUT2D eigenvalue weighted by molar-refractivity contribution is 0.0964. The summed E-state index contributed by atoms with van der Waals surface area (Å²) >= 11 is 6.35. The molecule has 1 aromatic heterocycles. The summed E-state index contributed by atoms with van der Waals surface area (Å²) < 4.78 is 23.6. The van der Waals surface area contributed by atoms with Crippen molar-refractivity contribution in [3.05, 3.63) is 52.9 Å². The lowest BCUT2D eigenvalue weighted by Gasteiger charge is -2.33. The number of piperidine rings is 1. The van der Waals surface area contributed by atoms with Gasteiger partial charge < -0.3 is 20.1 Å². The van der Waals surface area contributed by atoms with Gasteiger partial charge in [-0.15, -0.1) is 0 Å². The quantitative estimate of drug-likeness (QED) is 0.860. The van der Waals surface area contributed by atoms with Gasteiger partial charge in [0.25, 0.3) is 0 Å². The van der Waals surface area contributed by atoms with Crippen LogP contribution in [0, 0.1) is 5.82 Å². The molecule has 26 heavy (non-hydrogen) atoms. The molecule has 0 bridgehead atoms. The largest absolute Gasteiger partial charge is 0.487 e. The van der Waals surface area contributed by atoms with Gasteiger partial charge in [-0.25, -0.2) is 14.2 Å². The zero-order valence-electron chi connectivity index (χ0n) is 14.0. The van der Waals surface area contributed by atoms with Gasteiger partial charge in [0.15, 0.2) is 0 Å². The fraction of sp³-hybridized carbons (Fsp3) is 0.333. The molecule has 2 aromatic rings. The van der Waals surface area contributed by atoms with Gasteiger partial charge in [-0.1, -0.05) is 23.7 Å². The smallest absolute Gasteiger partial charge is 0.404 e. The number of aromatic nitrogens is 1. The van der Waals surface area contributed by atoms with E-state index in [0.29, 0.717) is 23.1 Å². The molecule has 1 amide bonds. The molecule has 0 unspecified atom stereocenters. The highest BCUT2D eigenvalue weighted by atomic mass is 35.5. The fourth-order valence-electron chi connectivity index (χ4n) is 2.86. The Morgan fingerprint density at radius 1 is 1.38 bits per heavy atom.